The highest BCUT2D eigenvalue weighted by molar-refractivity contribution is 5.70. The fraction of sp³-hybridized carbons (Fsp3) is 0.280. The van der Waals surface area contributed by atoms with E-state index in [1.165, 1.54) is 0 Å². The van der Waals surface area contributed by atoms with Crippen LogP contribution in [0.1, 0.15) is 31.2 Å². The van der Waals surface area contributed by atoms with E-state index in [-0.39, 0.29) is 6.10 Å². The molecule has 1 saturated carbocycles. The third-order valence-corrected chi connectivity index (χ3v) is 5.96. The van der Waals surface area contributed by atoms with Crippen molar-refractivity contribution in [3.05, 3.63) is 66.6 Å². The Morgan fingerprint density at radius 2 is 1.77 bits per heavy atom. The van der Waals surface area contributed by atoms with Crippen molar-refractivity contribution in [3.8, 4) is 22.5 Å². The highest BCUT2D eigenvalue weighted by Gasteiger charge is 2.18. The Hall–Kier alpha value is -3.38. The van der Waals surface area contributed by atoms with Crippen molar-refractivity contribution in [3.63, 3.8) is 0 Å². The molecule has 5 rings (SSSR count). The summed E-state index contributed by atoms with van der Waals surface area (Å²) in [7, 11) is 0. The molecule has 0 unspecified atom stereocenters. The number of nitrogens with zero attached hydrogens (tertiary/aromatic N) is 5. The molecule has 1 fully saturated rings. The maximum Gasteiger partial charge on any atom is 0.249 e. The molecule has 4 aromatic rings. The predicted octanol–water partition coefficient (Wildman–Crippen LogP) is 5.02. The van der Waals surface area contributed by atoms with Crippen molar-refractivity contribution >= 4 is 17.8 Å². The lowest BCUT2D eigenvalue weighted by atomic mass is 9.88. The Kier molecular flexibility index (Phi) is 5.30. The Morgan fingerprint density at radius 3 is 2.58 bits per heavy atom. The summed E-state index contributed by atoms with van der Waals surface area (Å²) >= 11 is 0. The van der Waals surface area contributed by atoms with Gasteiger partial charge in [-0.1, -0.05) is 30.3 Å². The van der Waals surface area contributed by atoms with Gasteiger partial charge in [0.05, 0.1) is 23.7 Å². The molecular weight excluding hydrogens is 386 g/mol. The van der Waals surface area contributed by atoms with Gasteiger partial charge in [0.15, 0.2) is 0 Å². The van der Waals surface area contributed by atoms with Gasteiger partial charge in [0.2, 0.25) is 5.95 Å². The van der Waals surface area contributed by atoms with Crippen LogP contribution in [0.4, 0.5) is 5.95 Å². The second-order valence-electron chi connectivity index (χ2n) is 8.20. The molecule has 0 spiro atoms. The fourth-order valence-electron chi connectivity index (χ4n) is 4.13. The van der Waals surface area contributed by atoms with Crippen LogP contribution in [0.15, 0.2) is 66.0 Å². The van der Waals surface area contributed by atoms with Gasteiger partial charge < -0.3 is 5.11 Å². The maximum absolute atomic E-state index is 9.69. The average molecular weight is 412 g/mol. The Labute approximate surface area is 181 Å². The number of benzene rings is 1. The van der Waals surface area contributed by atoms with Gasteiger partial charge in [-0.05, 0) is 67.3 Å². The first-order valence-corrected chi connectivity index (χ1v) is 10.8. The first-order valence-electron chi connectivity index (χ1n) is 10.8. The van der Waals surface area contributed by atoms with E-state index in [0.717, 1.165) is 59.4 Å². The lowest BCUT2D eigenvalue weighted by Gasteiger charge is -2.21. The van der Waals surface area contributed by atoms with Gasteiger partial charge in [-0.15, -0.1) is 0 Å². The number of aromatic nitrogens is 4. The van der Waals surface area contributed by atoms with Crippen molar-refractivity contribution < 1.29 is 5.11 Å². The predicted molar refractivity (Wildman–Crippen MR) is 123 cm³/mol. The summed E-state index contributed by atoms with van der Waals surface area (Å²) in [5, 5.41) is 9.69. The molecule has 0 saturated heterocycles. The van der Waals surface area contributed by atoms with Gasteiger partial charge in [-0.3, -0.25) is 4.40 Å². The number of aliphatic hydroxyl groups is 1. The minimum atomic E-state index is -0.164. The van der Waals surface area contributed by atoms with Crippen LogP contribution in [0.5, 0.6) is 0 Å². The highest BCUT2D eigenvalue weighted by atomic mass is 16.3. The van der Waals surface area contributed by atoms with Crippen molar-refractivity contribution in [2.24, 2.45) is 10.9 Å². The molecule has 1 aliphatic carbocycles. The molecule has 1 aliphatic rings. The lowest BCUT2D eigenvalue weighted by molar-refractivity contribution is 0.121. The first kappa shape index (κ1) is 19.6. The third kappa shape index (κ3) is 4.11. The average Bonchev–Trinajstić information content (AvgIpc) is 3.23. The van der Waals surface area contributed by atoms with Gasteiger partial charge >= 0.3 is 0 Å². The SMILES string of the molecule is Cc1cnc(/N=C/C2CCC(O)CC2)nc1-c1cnc2ccc(-c3ccccc3)cn12. The number of fused-ring (bicyclic) bond motifs is 1. The first-order chi connectivity index (χ1) is 15.2. The van der Waals surface area contributed by atoms with Crippen LogP contribution in [-0.2, 0) is 0 Å². The zero-order valence-corrected chi connectivity index (χ0v) is 17.5. The molecule has 31 heavy (non-hydrogen) atoms. The van der Waals surface area contributed by atoms with E-state index in [0.29, 0.717) is 11.9 Å². The number of hydrogen-bond acceptors (Lipinski definition) is 5. The van der Waals surface area contributed by atoms with E-state index in [2.05, 4.69) is 43.8 Å². The van der Waals surface area contributed by atoms with E-state index in [9.17, 15) is 5.11 Å². The third-order valence-electron chi connectivity index (χ3n) is 5.96. The normalized spacial score (nSPS) is 19.3. The summed E-state index contributed by atoms with van der Waals surface area (Å²) in [4.78, 5) is 18.3. The van der Waals surface area contributed by atoms with Crippen LogP contribution >= 0.6 is 0 Å². The summed E-state index contributed by atoms with van der Waals surface area (Å²) in [6.07, 6.45) is 11.1. The van der Waals surface area contributed by atoms with Crippen LogP contribution in [0.25, 0.3) is 28.2 Å². The van der Waals surface area contributed by atoms with E-state index >= 15 is 0 Å². The molecule has 0 bridgehead atoms. The topological polar surface area (TPSA) is 75.7 Å². The summed E-state index contributed by atoms with van der Waals surface area (Å²) < 4.78 is 2.08. The molecule has 0 atom stereocenters. The van der Waals surface area contributed by atoms with E-state index in [1.807, 2.05) is 49.8 Å². The van der Waals surface area contributed by atoms with Gasteiger partial charge in [0.25, 0.3) is 0 Å². The Balaban J connectivity index is 1.49. The second kappa shape index (κ2) is 8.40. The van der Waals surface area contributed by atoms with Crippen molar-refractivity contribution in [2.75, 3.05) is 0 Å². The van der Waals surface area contributed by atoms with E-state index in [1.54, 1.807) is 0 Å². The second-order valence-corrected chi connectivity index (χ2v) is 8.20. The zero-order valence-electron chi connectivity index (χ0n) is 17.5. The standard InChI is InChI=1S/C25H25N5O/c1-17-13-27-25(28-14-18-7-10-21(31)11-8-18)29-24(17)22-15-26-23-12-9-20(16-30(22)23)19-5-3-2-4-6-19/h2-6,9,12-16,18,21,31H,7-8,10-11H2,1H3/b28-14+. The number of hydrogen-bond donors (Lipinski definition) is 1. The van der Waals surface area contributed by atoms with Gasteiger partial charge in [-0.2, -0.15) is 0 Å². The fourth-order valence-corrected chi connectivity index (χ4v) is 4.13. The van der Waals surface area contributed by atoms with Crippen LogP contribution in [-0.4, -0.2) is 36.8 Å². The van der Waals surface area contributed by atoms with E-state index in [4.69, 9.17) is 4.98 Å². The number of aryl methyl sites for hydroxylation is 1. The highest BCUT2D eigenvalue weighted by Crippen LogP contribution is 2.27. The summed E-state index contributed by atoms with van der Waals surface area (Å²) in [5.41, 5.74) is 5.89. The van der Waals surface area contributed by atoms with Crippen LogP contribution in [0.3, 0.4) is 0 Å². The van der Waals surface area contributed by atoms with Crippen LogP contribution < -0.4 is 0 Å². The Morgan fingerprint density at radius 1 is 0.968 bits per heavy atom. The lowest BCUT2D eigenvalue weighted by Crippen LogP contribution is -2.18. The molecular formula is C25H25N5O. The molecule has 1 N–H and O–H groups in total. The molecule has 0 radical (unpaired) electrons. The number of aliphatic hydroxyl groups excluding tert-OH is 1. The summed E-state index contributed by atoms with van der Waals surface area (Å²) in [5.74, 6) is 0.835. The largest absolute Gasteiger partial charge is 0.393 e. The quantitative estimate of drug-likeness (QED) is 0.479. The molecule has 6 nitrogen and oxygen atoms in total. The maximum atomic E-state index is 9.69. The molecule has 0 amide bonds. The smallest absolute Gasteiger partial charge is 0.249 e. The number of aliphatic imine (C=N–C) groups is 1. The minimum Gasteiger partial charge on any atom is -0.393 e. The molecule has 3 heterocycles. The van der Waals surface area contributed by atoms with Gasteiger partial charge in [-0.25, -0.2) is 19.9 Å². The number of imidazole rings is 1. The minimum absolute atomic E-state index is 0.164. The summed E-state index contributed by atoms with van der Waals surface area (Å²) in [6.45, 7) is 2.01. The monoisotopic (exact) mass is 411 g/mol. The zero-order chi connectivity index (χ0) is 21.2. The molecule has 3 aromatic heterocycles. The molecule has 6 heteroatoms. The van der Waals surface area contributed by atoms with E-state index < -0.39 is 0 Å². The van der Waals surface area contributed by atoms with Gasteiger partial charge in [0.1, 0.15) is 5.65 Å². The molecule has 156 valence electrons. The van der Waals surface area contributed by atoms with Crippen LogP contribution in [0, 0.1) is 12.8 Å². The Bertz CT molecular complexity index is 1220. The summed E-state index contributed by atoms with van der Waals surface area (Å²) in [6, 6.07) is 14.4. The van der Waals surface area contributed by atoms with Crippen molar-refractivity contribution in [1.82, 2.24) is 19.4 Å². The number of rotatable bonds is 4. The van der Waals surface area contributed by atoms with Gasteiger partial charge in [0, 0.05) is 18.6 Å². The molecule has 1 aromatic carbocycles. The number of pyridine rings is 1. The van der Waals surface area contributed by atoms with Crippen molar-refractivity contribution in [2.45, 2.75) is 38.7 Å². The van der Waals surface area contributed by atoms with Crippen molar-refractivity contribution in [1.29, 1.82) is 0 Å². The van der Waals surface area contributed by atoms with Crippen LogP contribution in [0.2, 0.25) is 0 Å². The molecule has 0 aliphatic heterocycles.